The molecule has 0 heterocycles. The largest absolute Gasteiger partial charge is 0.491 e. The van der Waals surface area contributed by atoms with E-state index in [0.29, 0.717) is 17.6 Å². The molecule has 104 valence electrons. The van der Waals surface area contributed by atoms with E-state index in [1.807, 2.05) is 0 Å². The Balaban J connectivity index is 2.05. The predicted molar refractivity (Wildman–Crippen MR) is 72.8 cm³/mol. The second-order valence-electron chi connectivity index (χ2n) is 5.71. The molecular weight excluding hydrogens is 246 g/mol. The van der Waals surface area contributed by atoms with E-state index in [9.17, 15) is 4.39 Å². The molecule has 2 N–H and O–H groups in total. The Morgan fingerprint density at radius 1 is 1.16 bits per heavy atom. The fourth-order valence-corrected chi connectivity index (χ4v) is 2.95. The molecule has 2 rings (SSSR count). The third kappa shape index (κ3) is 3.70. The smallest absolute Gasteiger partial charge is 0.490 e. The van der Waals surface area contributed by atoms with E-state index in [0.717, 1.165) is 12.8 Å². The molecule has 5 heteroatoms. The van der Waals surface area contributed by atoms with E-state index in [2.05, 4.69) is 13.8 Å². The molecule has 0 bridgehead atoms. The van der Waals surface area contributed by atoms with Crippen LogP contribution in [0.1, 0.15) is 33.1 Å². The first-order valence-corrected chi connectivity index (χ1v) is 6.78. The van der Waals surface area contributed by atoms with Crippen LogP contribution in [0.15, 0.2) is 18.2 Å². The highest BCUT2D eigenvalue weighted by Crippen LogP contribution is 2.31. The summed E-state index contributed by atoms with van der Waals surface area (Å²) in [5.41, 5.74) is -0.127. The number of benzene rings is 1. The number of hydrogen-bond acceptors (Lipinski definition) is 3. The molecule has 1 fully saturated rings. The Hall–Kier alpha value is -1.07. The highest BCUT2D eigenvalue weighted by atomic mass is 19.1. The zero-order chi connectivity index (χ0) is 14.0. The van der Waals surface area contributed by atoms with Gasteiger partial charge < -0.3 is 14.8 Å². The van der Waals surface area contributed by atoms with Crippen LogP contribution in [0.2, 0.25) is 0 Å². The number of hydrogen-bond donors (Lipinski definition) is 2. The van der Waals surface area contributed by atoms with Crippen LogP contribution in [-0.4, -0.2) is 23.3 Å². The molecule has 19 heavy (non-hydrogen) atoms. The fraction of sp³-hybridized carbons (Fsp3) is 0.571. The fourth-order valence-electron chi connectivity index (χ4n) is 2.95. The number of halogens is 1. The van der Waals surface area contributed by atoms with E-state index in [1.54, 1.807) is 6.07 Å². The predicted octanol–water partition coefficient (Wildman–Crippen LogP) is 1.71. The van der Waals surface area contributed by atoms with Crippen molar-refractivity contribution in [3.63, 3.8) is 0 Å². The van der Waals surface area contributed by atoms with E-state index < -0.39 is 12.9 Å². The van der Waals surface area contributed by atoms with Crippen LogP contribution in [0.3, 0.4) is 0 Å². The summed E-state index contributed by atoms with van der Waals surface area (Å²) in [4.78, 5) is 0. The monoisotopic (exact) mass is 266 g/mol. The van der Waals surface area contributed by atoms with Crippen LogP contribution in [0, 0.1) is 17.7 Å². The summed E-state index contributed by atoms with van der Waals surface area (Å²) in [6.45, 7) is 4.41. The highest BCUT2D eigenvalue weighted by Gasteiger charge is 2.25. The van der Waals surface area contributed by atoms with Crippen molar-refractivity contribution in [3.05, 3.63) is 24.0 Å². The average Bonchev–Trinajstić information content (AvgIpc) is 2.26. The van der Waals surface area contributed by atoms with Gasteiger partial charge in [0.25, 0.3) is 0 Å². The molecule has 1 aliphatic rings. The maximum Gasteiger partial charge on any atom is 0.491 e. The molecule has 0 radical (unpaired) electrons. The lowest BCUT2D eigenvalue weighted by Crippen LogP contribution is -2.33. The van der Waals surface area contributed by atoms with Gasteiger partial charge in [0, 0.05) is 11.5 Å². The topological polar surface area (TPSA) is 49.7 Å². The molecule has 1 aromatic rings. The first-order valence-electron chi connectivity index (χ1n) is 6.78. The van der Waals surface area contributed by atoms with Crippen molar-refractivity contribution < 1.29 is 19.2 Å². The SMILES string of the molecule is CC1CC(C)CC(Oc2ccc(B(O)O)c(F)c2)C1. The Kier molecular flexibility index (Phi) is 4.48. The van der Waals surface area contributed by atoms with Gasteiger partial charge in [-0.25, -0.2) is 4.39 Å². The molecule has 0 aliphatic heterocycles. The maximum atomic E-state index is 13.6. The first-order chi connectivity index (χ1) is 8.95. The summed E-state index contributed by atoms with van der Waals surface area (Å²) in [6.07, 6.45) is 3.29. The zero-order valence-electron chi connectivity index (χ0n) is 11.3. The normalized spacial score (nSPS) is 27.1. The Labute approximate surface area is 113 Å². The molecule has 0 saturated heterocycles. The van der Waals surface area contributed by atoms with Gasteiger partial charge in [0.2, 0.25) is 0 Å². The van der Waals surface area contributed by atoms with Crippen LogP contribution in [0.25, 0.3) is 0 Å². The van der Waals surface area contributed by atoms with Gasteiger partial charge in [0.15, 0.2) is 0 Å². The first kappa shape index (κ1) is 14.3. The third-order valence-electron chi connectivity index (χ3n) is 3.69. The molecule has 1 saturated carbocycles. The molecule has 2 unspecified atom stereocenters. The standard InChI is InChI=1S/C14H20BFO3/c1-9-5-10(2)7-12(6-9)19-11-3-4-13(15(17)18)14(16)8-11/h3-4,8-10,12,17-18H,5-7H2,1-2H3. The van der Waals surface area contributed by atoms with Crippen LogP contribution in [-0.2, 0) is 0 Å². The van der Waals surface area contributed by atoms with Gasteiger partial charge in [-0.3, -0.25) is 0 Å². The van der Waals surface area contributed by atoms with Crippen molar-refractivity contribution in [2.75, 3.05) is 0 Å². The van der Waals surface area contributed by atoms with E-state index >= 15 is 0 Å². The van der Waals surface area contributed by atoms with Crippen LogP contribution in [0.4, 0.5) is 4.39 Å². The van der Waals surface area contributed by atoms with Crippen molar-refractivity contribution in [2.24, 2.45) is 11.8 Å². The molecule has 2 atom stereocenters. The van der Waals surface area contributed by atoms with Gasteiger partial charge in [-0.2, -0.15) is 0 Å². The summed E-state index contributed by atoms with van der Waals surface area (Å²) >= 11 is 0. The van der Waals surface area contributed by atoms with E-state index in [-0.39, 0.29) is 11.6 Å². The minimum Gasteiger partial charge on any atom is -0.490 e. The van der Waals surface area contributed by atoms with E-state index in [1.165, 1.54) is 18.6 Å². The minimum absolute atomic E-state index is 0.114. The molecule has 1 aliphatic carbocycles. The molecule has 1 aromatic carbocycles. The van der Waals surface area contributed by atoms with Crippen molar-refractivity contribution in [2.45, 2.75) is 39.2 Å². The number of ether oxygens (including phenoxy) is 1. The second-order valence-corrected chi connectivity index (χ2v) is 5.71. The summed E-state index contributed by atoms with van der Waals surface area (Å²) in [7, 11) is -1.79. The summed E-state index contributed by atoms with van der Waals surface area (Å²) in [5.74, 6) is 1.05. The van der Waals surface area contributed by atoms with Crippen LogP contribution in [0.5, 0.6) is 5.75 Å². The van der Waals surface area contributed by atoms with E-state index in [4.69, 9.17) is 14.8 Å². The van der Waals surface area contributed by atoms with Crippen LogP contribution < -0.4 is 10.2 Å². The minimum atomic E-state index is -1.79. The Morgan fingerprint density at radius 3 is 2.32 bits per heavy atom. The zero-order valence-corrected chi connectivity index (χ0v) is 11.3. The van der Waals surface area contributed by atoms with Gasteiger partial charge in [-0.1, -0.05) is 19.9 Å². The summed E-state index contributed by atoms with van der Waals surface area (Å²) < 4.78 is 19.4. The van der Waals surface area contributed by atoms with Gasteiger partial charge in [0.05, 0.1) is 6.10 Å². The van der Waals surface area contributed by atoms with Crippen molar-refractivity contribution >= 4 is 12.6 Å². The molecular formula is C14H20BFO3. The quantitative estimate of drug-likeness (QED) is 0.819. The Morgan fingerprint density at radius 2 is 1.79 bits per heavy atom. The summed E-state index contributed by atoms with van der Waals surface area (Å²) in [5, 5.41) is 17.9. The van der Waals surface area contributed by atoms with Gasteiger partial charge >= 0.3 is 7.12 Å². The molecule has 0 aromatic heterocycles. The van der Waals surface area contributed by atoms with Crippen molar-refractivity contribution in [1.29, 1.82) is 0 Å². The lowest BCUT2D eigenvalue weighted by Gasteiger charge is -2.31. The van der Waals surface area contributed by atoms with Crippen molar-refractivity contribution in [1.82, 2.24) is 0 Å². The Bertz CT molecular complexity index is 429. The van der Waals surface area contributed by atoms with Gasteiger partial charge in [-0.15, -0.1) is 0 Å². The molecule has 0 amide bonds. The summed E-state index contributed by atoms with van der Waals surface area (Å²) in [6, 6.07) is 4.16. The maximum absolute atomic E-state index is 13.6. The third-order valence-corrected chi connectivity index (χ3v) is 3.69. The second kappa shape index (κ2) is 5.93. The van der Waals surface area contributed by atoms with Crippen molar-refractivity contribution in [3.8, 4) is 5.75 Å². The average molecular weight is 266 g/mol. The van der Waals surface area contributed by atoms with Gasteiger partial charge in [-0.05, 0) is 37.2 Å². The molecule has 0 spiro atoms. The number of rotatable bonds is 3. The highest BCUT2D eigenvalue weighted by molar-refractivity contribution is 6.58. The lowest BCUT2D eigenvalue weighted by atomic mass is 9.80. The molecule has 3 nitrogen and oxygen atoms in total. The van der Waals surface area contributed by atoms with Crippen LogP contribution >= 0.6 is 0 Å². The lowest BCUT2D eigenvalue weighted by molar-refractivity contribution is 0.101. The van der Waals surface area contributed by atoms with Gasteiger partial charge in [0.1, 0.15) is 11.6 Å².